The highest BCUT2D eigenvalue weighted by molar-refractivity contribution is 5.85. The average molecular weight is 227 g/mol. The van der Waals surface area contributed by atoms with E-state index in [0.29, 0.717) is 0 Å². The molecule has 4 heteroatoms. The highest BCUT2D eigenvalue weighted by atomic mass is 16.1. The number of hydrogen-bond donors (Lipinski definition) is 2. The van der Waals surface area contributed by atoms with E-state index in [1.54, 1.807) is 0 Å². The van der Waals surface area contributed by atoms with Crippen LogP contribution in [0.4, 0.5) is 0 Å². The zero-order valence-electron chi connectivity index (χ0n) is 10.8. The predicted molar refractivity (Wildman–Crippen MR) is 66.1 cm³/mol. The molecule has 1 unspecified atom stereocenters. The lowest BCUT2D eigenvalue weighted by molar-refractivity contribution is -0.133. The minimum absolute atomic E-state index is 0.174. The Balaban J connectivity index is 2.93. The number of primary amides is 1. The second-order valence-electron chi connectivity index (χ2n) is 4.89. The second kappa shape index (κ2) is 5.64. The van der Waals surface area contributed by atoms with Crippen LogP contribution in [-0.4, -0.2) is 42.5 Å². The number of nitrogens with zero attached hydrogens (tertiary/aromatic N) is 1. The van der Waals surface area contributed by atoms with E-state index in [2.05, 4.69) is 31.0 Å². The van der Waals surface area contributed by atoms with Crippen LogP contribution in [0.15, 0.2) is 0 Å². The van der Waals surface area contributed by atoms with E-state index in [1.807, 2.05) is 0 Å². The Kier molecular flexibility index (Phi) is 4.74. The van der Waals surface area contributed by atoms with Gasteiger partial charge in [0.2, 0.25) is 5.91 Å². The van der Waals surface area contributed by atoms with Crippen molar-refractivity contribution in [2.75, 3.05) is 26.2 Å². The summed E-state index contributed by atoms with van der Waals surface area (Å²) in [6.45, 7) is 10.1. The van der Waals surface area contributed by atoms with Crippen molar-refractivity contribution in [1.29, 1.82) is 0 Å². The molecule has 1 heterocycles. The summed E-state index contributed by atoms with van der Waals surface area (Å²) in [7, 11) is 0. The highest BCUT2D eigenvalue weighted by Crippen LogP contribution is 2.29. The van der Waals surface area contributed by atoms with E-state index in [4.69, 9.17) is 5.73 Å². The van der Waals surface area contributed by atoms with Gasteiger partial charge >= 0.3 is 0 Å². The Morgan fingerprint density at radius 2 is 2.12 bits per heavy atom. The van der Waals surface area contributed by atoms with Crippen LogP contribution in [0.3, 0.4) is 0 Å². The van der Waals surface area contributed by atoms with Gasteiger partial charge in [-0.3, -0.25) is 9.69 Å². The number of carbonyl (C=O) groups excluding carboxylic acids is 1. The third-order valence-electron chi connectivity index (χ3n) is 3.83. The van der Waals surface area contributed by atoms with Crippen LogP contribution >= 0.6 is 0 Å². The van der Waals surface area contributed by atoms with E-state index in [9.17, 15) is 4.79 Å². The molecule has 0 aliphatic carbocycles. The van der Waals surface area contributed by atoms with Crippen molar-refractivity contribution in [1.82, 2.24) is 10.2 Å². The van der Waals surface area contributed by atoms with Gasteiger partial charge in [-0.25, -0.2) is 0 Å². The Morgan fingerprint density at radius 1 is 1.44 bits per heavy atom. The van der Waals surface area contributed by atoms with Gasteiger partial charge in [0.15, 0.2) is 0 Å². The second-order valence-corrected chi connectivity index (χ2v) is 4.89. The number of hydrogen-bond acceptors (Lipinski definition) is 3. The molecule has 0 saturated carbocycles. The molecule has 0 aromatic rings. The lowest BCUT2D eigenvalue weighted by Gasteiger charge is -2.43. The van der Waals surface area contributed by atoms with Crippen LogP contribution in [0.1, 0.15) is 33.6 Å². The predicted octanol–water partition coefficient (Wildman–Crippen LogP) is 0.572. The van der Waals surface area contributed by atoms with E-state index < -0.39 is 5.54 Å². The first-order valence-corrected chi connectivity index (χ1v) is 6.31. The third-order valence-corrected chi connectivity index (χ3v) is 3.83. The lowest BCUT2D eigenvalue weighted by Crippen LogP contribution is -2.61. The summed E-state index contributed by atoms with van der Waals surface area (Å²) in [4.78, 5) is 14.1. The van der Waals surface area contributed by atoms with Crippen molar-refractivity contribution in [2.24, 2.45) is 11.7 Å². The fraction of sp³-hybridized carbons (Fsp3) is 0.917. The average Bonchev–Trinajstić information content (AvgIpc) is 2.47. The molecule has 1 amide bonds. The molecule has 1 saturated heterocycles. The SMILES string of the molecule is CCC(C(N)=O)(C(C)C)N1CCCNCC1. The highest BCUT2D eigenvalue weighted by Gasteiger charge is 2.43. The van der Waals surface area contributed by atoms with E-state index in [1.165, 1.54) is 0 Å². The van der Waals surface area contributed by atoms with Crippen molar-refractivity contribution >= 4 is 5.91 Å². The quantitative estimate of drug-likeness (QED) is 0.738. The van der Waals surface area contributed by atoms with Crippen molar-refractivity contribution in [2.45, 2.75) is 39.2 Å². The Labute approximate surface area is 98.6 Å². The summed E-state index contributed by atoms with van der Waals surface area (Å²) in [5, 5.41) is 3.36. The standard InChI is InChI=1S/C12H25N3O/c1-4-12(10(2)3,11(13)16)15-8-5-6-14-7-9-15/h10,14H,4-9H2,1-3H3,(H2,13,16). The minimum atomic E-state index is -0.466. The maximum atomic E-state index is 11.9. The first kappa shape index (κ1) is 13.5. The molecule has 0 radical (unpaired) electrons. The first-order chi connectivity index (χ1) is 7.55. The summed E-state index contributed by atoms with van der Waals surface area (Å²) in [5.41, 5.74) is 5.20. The molecule has 0 bridgehead atoms. The van der Waals surface area contributed by atoms with Crippen molar-refractivity contribution in [3.63, 3.8) is 0 Å². The normalized spacial score (nSPS) is 22.8. The molecule has 4 nitrogen and oxygen atoms in total. The Morgan fingerprint density at radius 3 is 2.62 bits per heavy atom. The van der Waals surface area contributed by atoms with Gasteiger partial charge in [0, 0.05) is 19.6 Å². The zero-order valence-corrected chi connectivity index (χ0v) is 10.8. The molecule has 0 aromatic carbocycles. The molecule has 94 valence electrons. The van der Waals surface area contributed by atoms with Gasteiger partial charge in [-0.05, 0) is 25.3 Å². The topological polar surface area (TPSA) is 58.4 Å². The molecule has 1 fully saturated rings. The molecule has 0 spiro atoms. The van der Waals surface area contributed by atoms with Gasteiger partial charge < -0.3 is 11.1 Å². The van der Waals surface area contributed by atoms with Crippen LogP contribution in [0, 0.1) is 5.92 Å². The largest absolute Gasteiger partial charge is 0.368 e. The monoisotopic (exact) mass is 227 g/mol. The third kappa shape index (κ3) is 2.38. The van der Waals surface area contributed by atoms with Crippen LogP contribution in [0.5, 0.6) is 0 Å². The van der Waals surface area contributed by atoms with Crippen LogP contribution in [0.2, 0.25) is 0 Å². The first-order valence-electron chi connectivity index (χ1n) is 6.31. The Hall–Kier alpha value is -0.610. The molecule has 1 atom stereocenters. The van der Waals surface area contributed by atoms with E-state index >= 15 is 0 Å². The summed E-state index contributed by atoms with van der Waals surface area (Å²) in [6, 6.07) is 0. The summed E-state index contributed by atoms with van der Waals surface area (Å²) < 4.78 is 0. The number of nitrogens with two attached hydrogens (primary N) is 1. The molecular formula is C12H25N3O. The van der Waals surface area contributed by atoms with Crippen LogP contribution in [-0.2, 0) is 4.79 Å². The van der Waals surface area contributed by atoms with Gasteiger partial charge in [0.05, 0.1) is 0 Å². The van der Waals surface area contributed by atoms with Crippen molar-refractivity contribution in [3.05, 3.63) is 0 Å². The van der Waals surface area contributed by atoms with E-state index in [0.717, 1.165) is 39.0 Å². The lowest BCUT2D eigenvalue weighted by atomic mass is 9.81. The minimum Gasteiger partial charge on any atom is -0.368 e. The number of rotatable bonds is 4. The van der Waals surface area contributed by atoms with Crippen LogP contribution in [0.25, 0.3) is 0 Å². The summed E-state index contributed by atoms with van der Waals surface area (Å²) in [5.74, 6) is 0.0833. The summed E-state index contributed by atoms with van der Waals surface area (Å²) in [6.07, 6.45) is 1.88. The molecule has 0 aromatic heterocycles. The van der Waals surface area contributed by atoms with Gasteiger partial charge in [0.1, 0.15) is 5.54 Å². The number of carbonyl (C=O) groups is 1. The molecular weight excluding hydrogens is 202 g/mol. The fourth-order valence-corrected chi connectivity index (χ4v) is 2.86. The number of amides is 1. The summed E-state index contributed by atoms with van der Waals surface area (Å²) >= 11 is 0. The van der Waals surface area contributed by atoms with Gasteiger partial charge in [0.25, 0.3) is 0 Å². The smallest absolute Gasteiger partial charge is 0.238 e. The van der Waals surface area contributed by atoms with E-state index in [-0.39, 0.29) is 11.8 Å². The number of nitrogens with one attached hydrogen (secondary N) is 1. The maximum absolute atomic E-state index is 11.9. The van der Waals surface area contributed by atoms with Gasteiger partial charge in [-0.15, -0.1) is 0 Å². The molecule has 1 aliphatic rings. The van der Waals surface area contributed by atoms with Gasteiger partial charge in [-0.1, -0.05) is 20.8 Å². The fourth-order valence-electron chi connectivity index (χ4n) is 2.86. The molecule has 1 aliphatic heterocycles. The van der Waals surface area contributed by atoms with Crippen molar-refractivity contribution in [3.8, 4) is 0 Å². The molecule has 3 N–H and O–H groups in total. The van der Waals surface area contributed by atoms with Gasteiger partial charge in [-0.2, -0.15) is 0 Å². The molecule has 16 heavy (non-hydrogen) atoms. The molecule has 1 rings (SSSR count). The zero-order chi connectivity index (χ0) is 12.2. The maximum Gasteiger partial charge on any atom is 0.238 e. The van der Waals surface area contributed by atoms with Crippen molar-refractivity contribution < 1.29 is 4.79 Å². The Bertz CT molecular complexity index is 234. The van der Waals surface area contributed by atoms with Crippen LogP contribution < -0.4 is 11.1 Å².